The first-order chi connectivity index (χ1) is 10.1. The summed E-state index contributed by atoms with van der Waals surface area (Å²) in [7, 11) is -3.42. The molecule has 0 radical (unpaired) electrons. The van der Waals surface area contributed by atoms with Crippen LogP contribution < -0.4 is 10.5 Å². The van der Waals surface area contributed by atoms with Crippen LogP contribution in [0.25, 0.3) is 0 Å². The molecule has 0 atom stereocenters. The summed E-state index contributed by atoms with van der Waals surface area (Å²) < 4.78 is 27.4. The van der Waals surface area contributed by atoms with Crippen molar-refractivity contribution < 1.29 is 8.42 Å². The molecule has 1 aromatic rings. The van der Waals surface area contributed by atoms with Gasteiger partial charge in [-0.05, 0) is 61.3 Å². The van der Waals surface area contributed by atoms with Gasteiger partial charge in [-0.1, -0.05) is 11.8 Å². The third-order valence-corrected chi connectivity index (χ3v) is 5.87. The van der Waals surface area contributed by atoms with Gasteiger partial charge in [0.1, 0.15) is 0 Å². The standard InChI is InChI=1S/C16H20N2O2S/c17-11-1-2-13-3-7-15(8-4-13)21(19,20)18-12-16(9-10-16)14-5-6-14/h3-4,7-8,14,18H,5-6,9-12,17H2. The van der Waals surface area contributed by atoms with Crippen molar-refractivity contribution in [2.24, 2.45) is 17.1 Å². The number of nitrogens with two attached hydrogens (primary N) is 1. The highest BCUT2D eigenvalue weighted by atomic mass is 32.2. The van der Waals surface area contributed by atoms with Gasteiger partial charge in [0.2, 0.25) is 10.0 Å². The van der Waals surface area contributed by atoms with Gasteiger partial charge >= 0.3 is 0 Å². The van der Waals surface area contributed by atoms with E-state index in [1.54, 1.807) is 24.3 Å². The van der Waals surface area contributed by atoms with Gasteiger partial charge in [-0.3, -0.25) is 0 Å². The summed E-state index contributed by atoms with van der Waals surface area (Å²) in [6.45, 7) is 0.875. The molecule has 2 fully saturated rings. The summed E-state index contributed by atoms with van der Waals surface area (Å²) in [5.74, 6) is 6.37. The summed E-state index contributed by atoms with van der Waals surface area (Å²) >= 11 is 0. The second-order valence-corrected chi connectivity index (χ2v) is 7.76. The Morgan fingerprint density at radius 3 is 2.43 bits per heavy atom. The summed E-state index contributed by atoms with van der Waals surface area (Å²) in [6, 6.07) is 6.62. The highest BCUT2D eigenvalue weighted by Gasteiger charge is 2.53. The molecule has 21 heavy (non-hydrogen) atoms. The fraction of sp³-hybridized carbons (Fsp3) is 0.500. The predicted molar refractivity (Wildman–Crippen MR) is 82.0 cm³/mol. The van der Waals surface area contributed by atoms with Crippen LogP contribution >= 0.6 is 0 Å². The van der Waals surface area contributed by atoms with Crippen LogP contribution in [0.4, 0.5) is 0 Å². The molecule has 1 aromatic carbocycles. The molecular formula is C16H20N2O2S. The van der Waals surface area contributed by atoms with E-state index in [2.05, 4.69) is 16.6 Å². The monoisotopic (exact) mass is 304 g/mol. The summed E-state index contributed by atoms with van der Waals surface area (Å²) in [5, 5.41) is 0. The van der Waals surface area contributed by atoms with E-state index < -0.39 is 10.0 Å². The van der Waals surface area contributed by atoms with Crippen molar-refractivity contribution >= 4 is 10.0 Å². The number of hydrogen-bond donors (Lipinski definition) is 2. The van der Waals surface area contributed by atoms with Crippen molar-refractivity contribution in [3.05, 3.63) is 29.8 Å². The molecule has 2 aliphatic carbocycles. The molecule has 2 aliphatic rings. The van der Waals surface area contributed by atoms with Crippen molar-refractivity contribution in [1.82, 2.24) is 4.72 Å². The minimum absolute atomic E-state index is 0.264. The molecule has 4 nitrogen and oxygen atoms in total. The van der Waals surface area contributed by atoms with Gasteiger partial charge in [0.25, 0.3) is 0 Å². The Balaban J connectivity index is 1.66. The molecule has 0 bridgehead atoms. The van der Waals surface area contributed by atoms with E-state index in [4.69, 9.17) is 5.73 Å². The number of benzene rings is 1. The lowest BCUT2D eigenvalue weighted by Crippen LogP contribution is -2.31. The maximum atomic E-state index is 12.3. The lowest BCUT2D eigenvalue weighted by molar-refractivity contribution is 0.432. The maximum Gasteiger partial charge on any atom is 0.240 e. The average molecular weight is 304 g/mol. The molecule has 0 amide bonds. The quantitative estimate of drug-likeness (QED) is 0.809. The predicted octanol–water partition coefficient (Wildman–Crippen LogP) is 1.47. The highest BCUT2D eigenvalue weighted by molar-refractivity contribution is 7.89. The Morgan fingerprint density at radius 2 is 1.90 bits per heavy atom. The number of sulfonamides is 1. The van der Waals surface area contributed by atoms with Gasteiger partial charge in [0.05, 0.1) is 11.4 Å². The van der Waals surface area contributed by atoms with Crippen molar-refractivity contribution in [3.8, 4) is 11.8 Å². The first-order valence-corrected chi connectivity index (χ1v) is 8.83. The Hall–Kier alpha value is -1.35. The van der Waals surface area contributed by atoms with Crippen LogP contribution in [0.3, 0.4) is 0 Å². The normalized spacial score (nSPS) is 19.7. The lowest BCUT2D eigenvalue weighted by Gasteiger charge is -2.15. The Morgan fingerprint density at radius 1 is 1.24 bits per heavy atom. The van der Waals surface area contributed by atoms with Gasteiger partial charge in [0, 0.05) is 12.1 Å². The molecular weight excluding hydrogens is 284 g/mol. The molecule has 0 spiro atoms. The zero-order chi connectivity index (χ0) is 14.9. The second-order valence-electron chi connectivity index (χ2n) is 5.99. The van der Waals surface area contributed by atoms with Gasteiger partial charge in [-0.15, -0.1) is 0 Å². The summed E-state index contributed by atoms with van der Waals surface area (Å²) in [6.07, 6.45) is 4.84. The van der Waals surface area contributed by atoms with E-state index in [0.29, 0.717) is 18.0 Å². The number of hydrogen-bond acceptors (Lipinski definition) is 3. The Labute approximate surface area is 126 Å². The van der Waals surface area contributed by atoms with Crippen molar-refractivity contribution in [3.63, 3.8) is 0 Å². The first kappa shape index (κ1) is 14.6. The molecule has 112 valence electrons. The van der Waals surface area contributed by atoms with Gasteiger partial charge < -0.3 is 5.73 Å². The van der Waals surface area contributed by atoms with Crippen LogP contribution in [-0.4, -0.2) is 21.5 Å². The van der Waals surface area contributed by atoms with E-state index in [9.17, 15) is 8.42 Å². The van der Waals surface area contributed by atoms with Crippen LogP contribution in [0.2, 0.25) is 0 Å². The maximum absolute atomic E-state index is 12.3. The molecule has 0 aliphatic heterocycles. The smallest absolute Gasteiger partial charge is 0.240 e. The zero-order valence-corrected chi connectivity index (χ0v) is 12.7. The second kappa shape index (κ2) is 5.45. The molecule has 2 saturated carbocycles. The minimum Gasteiger partial charge on any atom is -0.320 e. The first-order valence-electron chi connectivity index (χ1n) is 7.34. The fourth-order valence-corrected chi connectivity index (χ4v) is 3.92. The van der Waals surface area contributed by atoms with E-state index in [1.807, 2.05) is 0 Å². The van der Waals surface area contributed by atoms with E-state index in [-0.39, 0.29) is 5.41 Å². The Bertz CT molecular complexity index is 675. The third-order valence-electron chi connectivity index (χ3n) is 4.45. The molecule has 3 N–H and O–H groups in total. The Kier molecular flexibility index (Phi) is 3.78. The summed E-state index contributed by atoms with van der Waals surface area (Å²) in [5.41, 5.74) is 6.35. The zero-order valence-electron chi connectivity index (χ0n) is 11.9. The molecule has 0 unspecified atom stereocenters. The minimum atomic E-state index is -3.42. The van der Waals surface area contributed by atoms with Crippen LogP contribution in [0, 0.1) is 23.2 Å². The van der Waals surface area contributed by atoms with Crippen LogP contribution in [0.5, 0.6) is 0 Å². The van der Waals surface area contributed by atoms with Gasteiger partial charge in [-0.2, -0.15) is 0 Å². The number of nitrogens with one attached hydrogen (secondary N) is 1. The topological polar surface area (TPSA) is 72.2 Å². The van der Waals surface area contributed by atoms with Crippen LogP contribution in [0.1, 0.15) is 31.2 Å². The largest absolute Gasteiger partial charge is 0.320 e. The summed E-state index contributed by atoms with van der Waals surface area (Å²) in [4.78, 5) is 0.299. The average Bonchev–Trinajstić information content (AvgIpc) is 3.36. The van der Waals surface area contributed by atoms with E-state index in [1.165, 1.54) is 12.8 Å². The molecule has 5 heteroatoms. The molecule has 0 aromatic heterocycles. The van der Waals surface area contributed by atoms with Crippen molar-refractivity contribution in [2.75, 3.05) is 13.1 Å². The van der Waals surface area contributed by atoms with Gasteiger partial charge in [-0.25, -0.2) is 13.1 Å². The fourth-order valence-electron chi connectivity index (χ4n) is 2.78. The van der Waals surface area contributed by atoms with Crippen LogP contribution in [0.15, 0.2) is 29.2 Å². The third kappa shape index (κ3) is 3.29. The molecule has 0 heterocycles. The van der Waals surface area contributed by atoms with Gasteiger partial charge in [0.15, 0.2) is 0 Å². The lowest BCUT2D eigenvalue weighted by atomic mass is 10.0. The van der Waals surface area contributed by atoms with Crippen LogP contribution in [-0.2, 0) is 10.0 Å². The molecule has 0 saturated heterocycles. The van der Waals surface area contributed by atoms with E-state index >= 15 is 0 Å². The number of rotatable bonds is 5. The molecule has 3 rings (SSSR count). The van der Waals surface area contributed by atoms with E-state index in [0.717, 1.165) is 24.3 Å². The SMILES string of the molecule is NCC#Cc1ccc(S(=O)(=O)NCC2(C3CC3)CC2)cc1. The van der Waals surface area contributed by atoms with Crippen molar-refractivity contribution in [2.45, 2.75) is 30.6 Å². The van der Waals surface area contributed by atoms with Crippen molar-refractivity contribution in [1.29, 1.82) is 0 Å². The highest BCUT2D eigenvalue weighted by Crippen LogP contribution is 2.60.